The minimum atomic E-state index is -0.173. The number of piperidine rings is 1. The largest absolute Gasteiger partial charge is 0.344 e. The molecule has 2 atom stereocenters. The zero-order valence-corrected chi connectivity index (χ0v) is 16.9. The molecule has 1 N–H and O–H groups in total. The Morgan fingerprint density at radius 1 is 1.18 bits per heavy atom. The minimum Gasteiger partial charge on any atom is -0.344 e. The zero-order valence-electron chi connectivity index (χ0n) is 15.3. The third-order valence-corrected chi connectivity index (χ3v) is 6.13. The monoisotopic (exact) mass is 412 g/mol. The first-order chi connectivity index (χ1) is 13.7. The predicted octanol–water partition coefficient (Wildman–Crippen LogP) is 4.31. The van der Waals surface area contributed by atoms with E-state index in [9.17, 15) is 4.79 Å². The van der Waals surface area contributed by atoms with Crippen LogP contribution in [0.1, 0.15) is 29.3 Å². The Kier molecular flexibility index (Phi) is 5.88. The summed E-state index contributed by atoms with van der Waals surface area (Å²) in [6.07, 6.45) is 5.28. The summed E-state index contributed by atoms with van der Waals surface area (Å²) in [7, 11) is 0. The van der Waals surface area contributed by atoms with Crippen molar-refractivity contribution < 1.29 is 4.79 Å². The number of benzene rings is 1. The molecule has 4 rings (SSSR count). The molecule has 2 aromatic heterocycles. The van der Waals surface area contributed by atoms with E-state index in [4.69, 9.17) is 11.6 Å². The molecular formula is C21H21ClN4OS. The lowest BCUT2D eigenvalue weighted by Gasteiger charge is -2.32. The molecule has 0 bridgehead atoms. The van der Waals surface area contributed by atoms with E-state index in [0.29, 0.717) is 17.5 Å². The van der Waals surface area contributed by atoms with Gasteiger partial charge in [-0.3, -0.25) is 4.79 Å². The van der Waals surface area contributed by atoms with Crippen molar-refractivity contribution in [2.45, 2.75) is 18.9 Å². The van der Waals surface area contributed by atoms with Crippen molar-refractivity contribution in [2.24, 2.45) is 5.92 Å². The maximum atomic E-state index is 13.1. The van der Waals surface area contributed by atoms with Crippen LogP contribution in [0.3, 0.4) is 0 Å². The van der Waals surface area contributed by atoms with Gasteiger partial charge >= 0.3 is 0 Å². The number of aromatic nitrogens is 2. The number of thiophene rings is 1. The van der Waals surface area contributed by atoms with Gasteiger partial charge in [0.1, 0.15) is 0 Å². The lowest BCUT2D eigenvalue weighted by molar-refractivity contribution is -0.125. The quantitative estimate of drug-likeness (QED) is 0.678. The molecule has 0 aliphatic carbocycles. The van der Waals surface area contributed by atoms with Crippen molar-refractivity contribution in [3.63, 3.8) is 0 Å². The van der Waals surface area contributed by atoms with Gasteiger partial charge in [-0.05, 0) is 48.1 Å². The average Bonchev–Trinajstić information content (AvgIpc) is 3.28. The van der Waals surface area contributed by atoms with Gasteiger partial charge in [0, 0.05) is 35.4 Å². The van der Waals surface area contributed by atoms with Gasteiger partial charge in [-0.25, -0.2) is 9.97 Å². The van der Waals surface area contributed by atoms with Crippen LogP contribution in [0.4, 0.5) is 5.95 Å². The first-order valence-corrected chi connectivity index (χ1v) is 10.6. The number of hydrogen-bond acceptors (Lipinski definition) is 5. The molecular weight excluding hydrogens is 392 g/mol. The Bertz CT molecular complexity index is 902. The van der Waals surface area contributed by atoms with E-state index in [2.05, 4.69) is 26.3 Å². The standard InChI is InChI=1S/C21H21ClN4OS/c22-17-8-6-15(7-9-17)19(18-5-2-13-28-18)25-20(27)16-4-1-12-26(14-16)21-23-10-3-11-24-21/h2-3,5-11,13,16,19H,1,4,12,14H2,(H,25,27). The molecule has 0 spiro atoms. The fourth-order valence-electron chi connectivity index (χ4n) is 3.52. The molecule has 0 saturated carbocycles. The van der Waals surface area contributed by atoms with Gasteiger partial charge in [0.15, 0.2) is 0 Å². The van der Waals surface area contributed by atoms with E-state index in [1.54, 1.807) is 29.8 Å². The van der Waals surface area contributed by atoms with Crippen LogP contribution in [0.2, 0.25) is 5.02 Å². The molecule has 2 unspecified atom stereocenters. The first-order valence-electron chi connectivity index (χ1n) is 9.32. The number of carbonyl (C=O) groups is 1. The highest BCUT2D eigenvalue weighted by Crippen LogP contribution is 2.28. The van der Waals surface area contributed by atoms with E-state index >= 15 is 0 Å². The number of nitrogens with zero attached hydrogens (tertiary/aromatic N) is 3. The summed E-state index contributed by atoms with van der Waals surface area (Å²) in [4.78, 5) is 25.0. The topological polar surface area (TPSA) is 58.1 Å². The number of anilines is 1. The van der Waals surface area contributed by atoms with Crippen molar-refractivity contribution in [1.29, 1.82) is 0 Å². The van der Waals surface area contributed by atoms with E-state index in [0.717, 1.165) is 29.8 Å². The van der Waals surface area contributed by atoms with Crippen LogP contribution in [0, 0.1) is 5.92 Å². The fourth-order valence-corrected chi connectivity index (χ4v) is 4.45. The number of amides is 1. The molecule has 1 saturated heterocycles. The highest BCUT2D eigenvalue weighted by molar-refractivity contribution is 7.10. The lowest BCUT2D eigenvalue weighted by atomic mass is 9.96. The third kappa shape index (κ3) is 4.34. The molecule has 144 valence electrons. The Labute approximate surface area is 173 Å². The predicted molar refractivity (Wildman–Crippen MR) is 113 cm³/mol. The number of nitrogens with one attached hydrogen (secondary N) is 1. The van der Waals surface area contributed by atoms with Crippen LogP contribution in [0.5, 0.6) is 0 Å². The van der Waals surface area contributed by atoms with Crippen LogP contribution in [0.25, 0.3) is 0 Å². The van der Waals surface area contributed by atoms with Gasteiger partial charge in [-0.15, -0.1) is 11.3 Å². The van der Waals surface area contributed by atoms with Crippen LogP contribution < -0.4 is 10.2 Å². The van der Waals surface area contributed by atoms with Gasteiger partial charge in [0.25, 0.3) is 0 Å². The number of hydrogen-bond donors (Lipinski definition) is 1. The van der Waals surface area contributed by atoms with E-state index in [1.165, 1.54) is 0 Å². The Morgan fingerprint density at radius 3 is 2.68 bits per heavy atom. The highest BCUT2D eigenvalue weighted by atomic mass is 35.5. The van der Waals surface area contributed by atoms with Gasteiger partial charge in [0.05, 0.1) is 12.0 Å². The molecule has 3 heterocycles. The second-order valence-corrected chi connectivity index (χ2v) is 8.26. The normalized spacial score (nSPS) is 17.9. The second kappa shape index (κ2) is 8.71. The average molecular weight is 413 g/mol. The molecule has 1 aromatic carbocycles. The lowest BCUT2D eigenvalue weighted by Crippen LogP contribution is -2.44. The van der Waals surface area contributed by atoms with Crippen molar-refractivity contribution >= 4 is 34.8 Å². The third-order valence-electron chi connectivity index (χ3n) is 4.94. The van der Waals surface area contributed by atoms with E-state index in [1.807, 2.05) is 35.7 Å². The van der Waals surface area contributed by atoms with Crippen LogP contribution >= 0.6 is 22.9 Å². The molecule has 7 heteroatoms. The van der Waals surface area contributed by atoms with E-state index < -0.39 is 0 Å². The Balaban J connectivity index is 1.50. The maximum Gasteiger partial charge on any atom is 0.225 e. The second-order valence-electron chi connectivity index (χ2n) is 6.84. The first kappa shape index (κ1) is 18.9. The van der Waals surface area contributed by atoms with Gasteiger partial charge < -0.3 is 10.2 Å². The molecule has 1 amide bonds. The van der Waals surface area contributed by atoms with Crippen LogP contribution in [0.15, 0.2) is 60.2 Å². The Hall–Kier alpha value is -2.44. The van der Waals surface area contributed by atoms with E-state index in [-0.39, 0.29) is 17.9 Å². The summed E-state index contributed by atoms with van der Waals surface area (Å²) in [6, 6.07) is 13.3. The summed E-state index contributed by atoms with van der Waals surface area (Å²) in [6.45, 7) is 1.51. The molecule has 1 aliphatic rings. The molecule has 1 aliphatic heterocycles. The smallest absolute Gasteiger partial charge is 0.225 e. The van der Waals surface area contributed by atoms with Crippen molar-refractivity contribution in [3.05, 3.63) is 75.7 Å². The summed E-state index contributed by atoms with van der Waals surface area (Å²) in [5.41, 5.74) is 1.03. The van der Waals surface area contributed by atoms with Crippen LogP contribution in [-0.4, -0.2) is 29.0 Å². The van der Waals surface area contributed by atoms with Crippen molar-refractivity contribution in [1.82, 2.24) is 15.3 Å². The molecule has 28 heavy (non-hydrogen) atoms. The van der Waals surface area contributed by atoms with Crippen molar-refractivity contribution in [3.8, 4) is 0 Å². The summed E-state index contributed by atoms with van der Waals surface area (Å²) in [5.74, 6) is 0.661. The zero-order chi connectivity index (χ0) is 19.3. The molecule has 0 radical (unpaired) electrons. The molecule has 1 fully saturated rings. The van der Waals surface area contributed by atoms with Gasteiger partial charge in [-0.1, -0.05) is 29.8 Å². The van der Waals surface area contributed by atoms with Crippen molar-refractivity contribution in [2.75, 3.05) is 18.0 Å². The number of halogens is 1. The summed E-state index contributed by atoms with van der Waals surface area (Å²) >= 11 is 7.68. The molecule has 5 nitrogen and oxygen atoms in total. The van der Waals surface area contributed by atoms with Gasteiger partial charge in [-0.2, -0.15) is 0 Å². The fraction of sp³-hybridized carbons (Fsp3) is 0.286. The maximum absolute atomic E-state index is 13.1. The Morgan fingerprint density at radius 2 is 1.96 bits per heavy atom. The summed E-state index contributed by atoms with van der Waals surface area (Å²) in [5, 5.41) is 5.97. The van der Waals surface area contributed by atoms with Gasteiger partial charge in [0.2, 0.25) is 11.9 Å². The minimum absolute atomic E-state index is 0.0639. The highest BCUT2D eigenvalue weighted by Gasteiger charge is 2.29. The summed E-state index contributed by atoms with van der Waals surface area (Å²) < 4.78 is 0. The molecule has 3 aromatic rings. The van der Waals surface area contributed by atoms with Crippen LogP contribution in [-0.2, 0) is 4.79 Å². The number of rotatable bonds is 5. The SMILES string of the molecule is O=C(NC(c1ccc(Cl)cc1)c1cccs1)C1CCCN(c2ncccn2)C1. The number of carbonyl (C=O) groups excluding carboxylic acids is 1.